The van der Waals surface area contributed by atoms with E-state index in [-0.39, 0.29) is 17.2 Å². The van der Waals surface area contributed by atoms with Gasteiger partial charge in [-0.25, -0.2) is 13.5 Å². The monoisotopic (exact) mass is 645 g/mol. The molecule has 2 aromatic heterocycles. The van der Waals surface area contributed by atoms with Crippen LogP contribution < -0.4 is 20.7 Å². The predicted molar refractivity (Wildman–Crippen MR) is 158 cm³/mol. The Morgan fingerprint density at radius 2 is 1.87 bits per heavy atom. The maximum absolute atomic E-state index is 17.2. The van der Waals surface area contributed by atoms with Crippen molar-refractivity contribution in [3.8, 4) is 5.88 Å². The van der Waals surface area contributed by atoms with Gasteiger partial charge in [-0.3, -0.25) is 4.79 Å². The Morgan fingerprint density at radius 1 is 1.15 bits per heavy atom. The average molecular weight is 646 g/mol. The molecule has 0 radical (unpaired) electrons. The Bertz CT molecular complexity index is 1680. The first kappa shape index (κ1) is 31.5. The standard InChI is InChI=1S/C31H32F5N7O3/c1-18-8-11-43(41-18)30(33)15-20(19-2-5-21(32)6-3-19)4-7-22(30)26(31(34,35)36)46-25-14-24(39-28(37)40-25)42-12-9-29(10-13-42)16-23(27(44)45)38-17-29/h2-8,11,14,23,26,38H,9-10,12-13,15-17H2,1H3,(H,44,45)(H2,37,39,40). The molecule has 1 spiro atoms. The van der Waals surface area contributed by atoms with Crippen LogP contribution in [0.1, 0.15) is 36.9 Å². The number of carboxylic acid groups (broad SMARTS) is 1. The number of anilines is 2. The van der Waals surface area contributed by atoms with Crippen LogP contribution in [0.15, 0.2) is 60.3 Å². The maximum atomic E-state index is 17.2. The number of rotatable bonds is 7. The van der Waals surface area contributed by atoms with E-state index >= 15 is 4.39 Å². The number of aryl methyl sites for hydroxylation is 1. The number of carbonyl (C=O) groups is 1. The van der Waals surface area contributed by atoms with Crippen molar-refractivity contribution in [1.29, 1.82) is 0 Å². The number of nitrogens with two attached hydrogens (primary N) is 1. The summed E-state index contributed by atoms with van der Waals surface area (Å²) < 4.78 is 81.4. The van der Waals surface area contributed by atoms with Gasteiger partial charge >= 0.3 is 12.1 Å². The second-order valence-corrected chi connectivity index (χ2v) is 12.1. The van der Waals surface area contributed by atoms with Crippen LogP contribution in [0.2, 0.25) is 0 Å². The number of ether oxygens (including phenoxy) is 1. The van der Waals surface area contributed by atoms with Crippen LogP contribution in [0, 0.1) is 18.2 Å². The number of aromatic nitrogens is 4. The van der Waals surface area contributed by atoms with E-state index in [1.807, 2.05) is 4.90 Å². The molecule has 0 saturated carbocycles. The molecule has 0 bridgehead atoms. The maximum Gasteiger partial charge on any atom is 0.429 e. The van der Waals surface area contributed by atoms with Gasteiger partial charge in [0.1, 0.15) is 17.7 Å². The van der Waals surface area contributed by atoms with Crippen LogP contribution >= 0.6 is 0 Å². The van der Waals surface area contributed by atoms with Crippen molar-refractivity contribution in [3.05, 3.63) is 77.4 Å². The summed E-state index contributed by atoms with van der Waals surface area (Å²) in [5.74, 6) is -4.80. The third-order valence-electron chi connectivity index (χ3n) is 8.96. The Hall–Kier alpha value is -4.53. The van der Waals surface area contributed by atoms with Gasteiger partial charge in [-0.15, -0.1) is 0 Å². The lowest BCUT2D eigenvalue weighted by Crippen LogP contribution is -2.46. The molecule has 3 aromatic rings. The molecule has 15 heteroatoms. The fraction of sp³-hybridized carbons (Fsp3) is 0.419. The molecule has 0 amide bonds. The molecule has 6 rings (SSSR count). The van der Waals surface area contributed by atoms with Gasteiger partial charge in [-0.05, 0) is 60.9 Å². The molecule has 2 fully saturated rings. The zero-order chi connectivity index (χ0) is 32.9. The van der Waals surface area contributed by atoms with E-state index in [0.717, 1.165) is 10.8 Å². The molecule has 3 atom stereocenters. The summed E-state index contributed by atoms with van der Waals surface area (Å²) in [7, 11) is 0. The molecule has 3 aliphatic rings. The van der Waals surface area contributed by atoms with Crippen LogP contribution in [-0.2, 0) is 10.6 Å². The van der Waals surface area contributed by atoms with E-state index < -0.39 is 53.8 Å². The summed E-state index contributed by atoms with van der Waals surface area (Å²) in [6, 6.07) is 7.31. The second-order valence-electron chi connectivity index (χ2n) is 12.1. The molecular formula is C31H32F5N7O3. The minimum absolute atomic E-state index is 0.206. The van der Waals surface area contributed by atoms with Crippen molar-refractivity contribution in [2.24, 2.45) is 5.41 Å². The molecular weight excluding hydrogens is 613 g/mol. The minimum atomic E-state index is -5.08. The van der Waals surface area contributed by atoms with Gasteiger partial charge in [0.25, 0.3) is 0 Å². The number of halogens is 5. The summed E-state index contributed by atoms with van der Waals surface area (Å²) in [5, 5.41) is 16.5. The van der Waals surface area contributed by atoms with Crippen molar-refractivity contribution in [1.82, 2.24) is 25.1 Å². The molecule has 46 heavy (non-hydrogen) atoms. The fourth-order valence-corrected chi connectivity index (χ4v) is 6.47. The normalized spacial score (nSPS) is 23.6. The van der Waals surface area contributed by atoms with Crippen molar-refractivity contribution >= 4 is 23.3 Å². The molecule has 2 saturated heterocycles. The van der Waals surface area contributed by atoms with E-state index in [9.17, 15) is 27.5 Å². The number of hydrogen-bond acceptors (Lipinski definition) is 8. The third-order valence-corrected chi connectivity index (χ3v) is 8.96. The lowest BCUT2D eigenvalue weighted by atomic mass is 9.76. The van der Waals surface area contributed by atoms with Crippen LogP contribution in [0.5, 0.6) is 5.88 Å². The van der Waals surface area contributed by atoms with Crippen molar-refractivity contribution in [3.63, 3.8) is 0 Å². The summed E-state index contributed by atoms with van der Waals surface area (Å²) in [5.41, 5.74) is 6.12. The van der Waals surface area contributed by atoms with E-state index in [1.165, 1.54) is 48.7 Å². The molecule has 244 valence electrons. The number of nitrogens with one attached hydrogen (secondary N) is 1. The zero-order valence-corrected chi connectivity index (χ0v) is 24.8. The highest BCUT2D eigenvalue weighted by molar-refractivity contribution is 5.74. The quantitative estimate of drug-likeness (QED) is 0.311. The SMILES string of the molecule is Cc1ccn(C2(F)CC(c3ccc(F)cc3)=CC=C2C(Oc2cc(N3CCC4(CC3)CNC(C(=O)O)C4)nc(N)n2)C(F)(F)F)n1. The van der Waals surface area contributed by atoms with Gasteiger partial charge in [-0.2, -0.15) is 28.2 Å². The molecule has 3 unspecified atom stereocenters. The van der Waals surface area contributed by atoms with Crippen LogP contribution in [0.25, 0.3) is 5.57 Å². The molecule has 2 aliphatic heterocycles. The second kappa shape index (κ2) is 11.7. The molecule has 4 heterocycles. The lowest BCUT2D eigenvalue weighted by Gasteiger charge is -2.39. The largest absolute Gasteiger partial charge is 0.480 e. The highest BCUT2D eigenvalue weighted by Gasteiger charge is 2.54. The van der Waals surface area contributed by atoms with Crippen molar-refractivity contribution in [2.45, 2.75) is 56.7 Å². The number of piperidine rings is 1. The number of benzene rings is 1. The van der Waals surface area contributed by atoms with E-state index in [4.69, 9.17) is 10.5 Å². The summed E-state index contributed by atoms with van der Waals surface area (Å²) in [6.07, 6.45) is -3.01. The number of nitrogen functional groups attached to an aromatic ring is 1. The fourth-order valence-electron chi connectivity index (χ4n) is 6.47. The van der Waals surface area contributed by atoms with E-state index in [0.29, 0.717) is 55.7 Å². The van der Waals surface area contributed by atoms with Crippen molar-refractivity contribution in [2.75, 3.05) is 30.3 Å². The molecule has 1 aromatic carbocycles. The highest BCUT2D eigenvalue weighted by atomic mass is 19.4. The minimum Gasteiger partial charge on any atom is -0.480 e. The first-order valence-electron chi connectivity index (χ1n) is 14.7. The van der Waals surface area contributed by atoms with Gasteiger partial charge in [0.2, 0.25) is 23.7 Å². The Labute approximate surface area is 260 Å². The average Bonchev–Trinajstić information content (AvgIpc) is 3.63. The summed E-state index contributed by atoms with van der Waals surface area (Å²) in [4.78, 5) is 21.4. The van der Waals surface area contributed by atoms with E-state index in [1.54, 1.807) is 6.92 Å². The molecule has 4 N–H and O–H groups in total. The Balaban J connectivity index is 1.30. The van der Waals surface area contributed by atoms with Gasteiger partial charge in [0.05, 0.1) is 5.69 Å². The van der Waals surface area contributed by atoms with Crippen molar-refractivity contribution < 1.29 is 36.6 Å². The molecule has 10 nitrogen and oxygen atoms in total. The topological polar surface area (TPSA) is 131 Å². The van der Waals surface area contributed by atoms with Gasteiger partial charge in [0.15, 0.2) is 0 Å². The number of hydrogen-bond donors (Lipinski definition) is 3. The number of allylic oxidation sites excluding steroid dienone is 3. The smallest absolute Gasteiger partial charge is 0.429 e. The number of carboxylic acids is 1. The highest BCUT2D eigenvalue weighted by Crippen LogP contribution is 2.47. The summed E-state index contributed by atoms with van der Waals surface area (Å²) in [6.45, 7) is 3.06. The Kier molecular flexibility index (Phi) is 7.99. The molecule has 1 aliphatic carbocycles. The first-order valence-corrected chi connectivity index (χ1v) is 14.7. The first-order chi connectivity index (χ1) is 21.7. The Morgan fingerprint density at radius 3 is 2.48 bits per heavy atom. The number of alkyl halides is 4. The zero-order valence-electron chi connectivity index (χ0n) is 24.8. The number of nitrogens with zero attached hydrogens (tertiary/aromatic N) is 5. The van der Waals surface area contributed by atoms with E-state index in [2.05, 4.69) is 20.4 Å². The van der Waals surface area contributed by atoms with Crippen LogP contribution in [0.3, 0.4) is 0 Å². The number of aliphatic carboxylic acids is 1. The van der Waals surface area contributed by atoms with Gasteiger partial charge in [-0.1, -0.05) is 24.3 Å². The van der Waals surface area contributed by atoms with Gasteiger partial charge < -0.3 is 25.8 Å². The van der Waals surface area contributed by atoms with Gasteiger partial charge in [0, 0.05) is 43.9 Å². The van der Waals surface area contributed by atoms with Crippen LogP contribution in [0.4, 0.5) is 33.7 Å². The predicted octanol–water partition coefficient (Wildman–Crippen LogP) is 4.78. The summed E-state index contributed by atoms with van der Waals surface area (Å²) >= 11 is 0. The lowest BCUT2D eigenvalue weighted by molar-refractivity contribution is -0.191. The third kappa shape index (κ3) is 6.15. The van der Waals surface area contributed by atoms with Crippen LogP contribution in [-0.4, -0.2) is 68.8 Å².